The SMILES string of the molecule is Cc1ccc(CCC(C)C=O)s1. The van der Waals surface area contributed by atoms with Gasteiger partial charge in [0.15, 0.2) is 0 Å². The van der Waals surface area contributed by atoms with Gasteiger partial charge >= 0.3 is 0 Å². The maximum absolute atomic E-state index is 10.3. The van der Waals surface area contributed by atoms with E-state index in [-0.39, 0.29) is 5.92 Å². The monoisotopic (exact) mass is 182 g/mol. The van der Waals surface area contributed by atoms with Crippen molar-refractivity contribution in [3.8, 4) is 0 Å². The van der Waals surface area contributed by atoms with Gasteiger partial charge in [-0.15, -0.1) is 11.3 Å². The Bertz CT molecular complexity index is 252. The number of hydrogen-bond acceptors (Lipinski definition) is 2. The first-order chi connectivity index (χ1) is 5.72. The van der Waals surface area contributed by atoms with Crippen LogP contribution in [0.5, 0.6) is 0 Å². The van der Waals surface area contributed by atoms with Crippen LogP contribution in [0.4, 0.5) is 0 Å². The molecule has 66 valence electrons. The number of carbonyl (C=O) groups excluding carboxylic acids is 1. The van der Waals surface area contributed by atoms with Gasteiger partial charge in [0.1, 0.15) is 6.29 Å². The number of aldehydes is 1. The number of thiophene rings is 1. The molecule has 1 atom stereocenters. The Labute approximate surface area is 77.4 Å². The molecule has 0 aliphatic carbocycles. The molecule has 0 spiro atoms. The van der Waals surface area contributed by atoms with Crippen LogP contribution >= 0.6 is 11.3 Å². The number of hydrogen-bond donors (Lipinski definition) is 0. The Balaban J connectivity index is 2.37. The Morgan fingerprint density at radius 3 is 2.83 bits per heavy atom. The molecule has 1 unspecified atom stereocenters. The molecule has 0 amide bonds. The summed E-state index contributed by atoms with van der Waals surface area (Å²) in [5.41, 5.74) is 0. The zero-order valence-corrected chi connectivity index (χ0v) is 8.36. The van der Waals surface area contributed by atoms with E-state index in [2.05, 4.69) is 19.1 Å². The van der Waals surface area contributed by atoms with Crippen molar-refractivity contribution >= 4 is 17.6 Å². The van der Waals surface area contributed by atoms with Gasteiger partial charge in [-0.2, -0.15) is 0 Å². The molecule has 0 fully saturated rings. The van der Waals surface area contributed by atoms with Crippen LogP contribution in [0.3, 0.4) is 0 Å². The normalized spacial score (nSPS) is 12.8. The van der Waals surface area contributed by atoms with E-state index in [1.165, 1.54) is 9.75 Å². The maximum atomic E-state index is 10.3. The number of rotatable bonds is 4. The topological polar surface area (TPSA) is 17.1 Å². The van der Waals surface area contributed by atoms with Crippen molar-refractivity contribution in [2.45, 2.75) is 26.7 Å². The molecule has 0 bridgehead atoms. The van der Waals surface area contributed by atoms with Crippen molar-refractivity contribution in [1.82, 2.24) is 0 Å². The molecule has 0 saturated heterocycles. The van der Waals surface area contributed by atoms with Gasteiger partial charge in [0, 0.05) is 15.7 Å². The summed E-state index contributed by atoms with van der Waals surface area (Å²) in [4.78, 5) is 13.1. The molecule has 0 aromatic carbocycles. The second-order valence-electron chi connectivity index (χ2n) is 3.16. The van der Waals surface area contributed by atoms with Gasteiger partial charge in [-0.1, -0.05) is 6.92 Å². The van der Waals surface area contributed by atoms with E-state index in [9.17, 15) is 4.79 Å². The quantitative estimate of drug-likeness (QED) is 0.654. The molecule has 0 N–H and O–H groups in total. The van der Waals surface area contributed by atoms with Crippen molar-refractivity contribution < 1.29 is 4.79 Å². The first kappa shape index (κ1) is 9.46. The van der Waals surface area contributed by atoms with Crippen molar-refractivity contribution in [2.75, 3.05) is 0 Å². The van der Waals surface area contributed by atoms with Crippen LogP contribution in [0.25, 0.3) is 0 Å². The summed E-state index contributed by atoms with van der Waals surface area (Å²) in [6.07, 6.45) is 3.04. The van der Waals surface area contributed by atoms with E-state index >= 15 is 0 Å². The average Bonchev–Trinajstić information content (AvgIpc) is 2.47. The molecule has 1 rings (SSSR count). The van der Waals surface area contributed by atoms with Gasteiger partial charge < -0.3 is 4.79 Å². The predicted octanol–water partition coefficient (Wildman–Crippen LogP) is 2.82. The zero-order valence-electron chi connectivity index (χ0n) is 7.54. The molecular weight excluding hydrogens is 168 g/mol. The van der Waals surface area contributed by atoms with Gasteiger partial charge in [0.25, 0.3) is 0 Å². The first-order valence-corrected chi connectivity index (χ1v) is 5.04. The molecule has 12 heavy (non-hydrogen) atoms. The number of aryl methyl sites for hydroxylation is 2. The predicted molar refractivity (Wildman–Crippen MR) is 52.6 cm³/mol. The highest BCUT2D eigenvalue weighted by molar-refractivity contribution is 7.11. The Morgan fingerprint density at radius 2 is 2.33 bits per heavy atom. The minimum Gasteiger partial charge on any atom is -0.303 e. The Kier molecular flexibility index (Phi) is 3.48. The van der Waals surface area contributed by atoms with Crippen LogP contribution in [-0.2, 0) is 11.2 Å². The summed E-state index contributed by atoms with van der Waals surface area (Å²) < 4.78 is 0. The van der Waals surface area contributed by atoms with Crippen molar-refractivity contribution in [1.29, 1.82) is 0 Å². The zero-order chi connectivity index (χ0) is 8.97. The lowest BCUT2D eigenvalue weighted by Crippen LogP contribution is -1.96. The third-order valence-corrected chi connectivity index (χ3v) is 2.93. The van der Waals surface area contributed by atoms with Crippen LogP contribution in [0, 0.1) is 12.8 Å². The molecule has 1 heterocycles. The molecule has 1 aromatic heterocycles. The standard InChI is InChI=1S/C10H14OS/c1-8(7-11)3-5-10-6-4-9(2)12-10/h4,6-8H,3,5H2,1-2H3. The van der Waals surface area contributed by atoms with Gasteiger partial charge in [-0.25, -0.2) is 0 Å². The maximum Gasteiger partial charge on any atom is 0.122 e. The molecule has 0 saturated carbocycles. The van der Waals surface area contributed by atoms with E-state index in [1.54, 1.807) is 0 Å². The molecule has 2 heteroatoms. The fourth-order valence-electron chi connectivity index (χ4n) is 1.06. The summed E-state index contributed by atoms with van der Waals surface area (Å²) in [6, 6.07) is 4.28. The summed E-state index contributed by atoms with van der Waals surface area (Å²) in [5, 5.41) is 0. The smallest absolute Gasteiger partial charge is 0.122 e. The van der Waals surface area contributed by atoms with Crippen LogP contribution in [-0.4, -0.2) is 6.29 Å². The molecule has 1 nitrogen and oxygen atoms in total. The Hall–Kier alpha value is -0.630. The minimum absolute atomic E-state index is 0.201. The second kappa shape index (κ2) is 4.41. The second-order valence-corrected chi connectivity index (χ2v) is 4.54. The minimum atomic E-state index is 0.201. The molecule has 0 radical (unpaired) electrons. The van der Waals surface area contributed by atoms with E-state index in [1.807, 2.05) is 18.3 Å². The van der Waals surface area contributed by atoms with Crippen LogP contribution < -0.4 is 0 Å². The molecule has 0 aliphatic rings. The van der Waals surface area contributed by atoms with Gasteiger partial charge in [-0.3, -0.25) is 0 Å². The highest BCUT2D eigenvalue weighted by Gasteiger charge is 2.01. The van der Waals surface area contributed by atoms with Crippen LogP contribution in [0.1, 0.15) is 23.1 Å². The van der Waals surface area contributed by atoms with Gasteiger partial charge in [0.05, 0.1) is 0 Å². The van der Waals surface area contributed by atoms with Crippen molar-refractivity contribution in [2.24, 2.45) is 5.92 Å². The highest BCUT2D eigenvalue weighted by Crippen LogP contribution is 2.17. The van der Waals surface area contributed by atoms with Crippen LogP contribution in [0.2, 0.25) is 0 Å². The van der Waals surface area contributed by atoms with Crippen LogP contribution in [0.15, 0.2) is 12.1 Å². The van der Waals surface area contributed by atoms with Crippen molar-refractivity contribution in [3.63, 3.8) is 0 Å². The van der Waals surface area contributed by atoms with Gasteiger partial charge in [0.2, 0.25) is 0 Å². The summed E-state index contributed by atoms with van der Waals surface area (Å²) >= 11 is 1.82. The Morgan fingerprint density at radius 1 is 1.58 bits per heavy atom. The average molecular weight is 182 g/mol. The summed E-state index contributed by atoms with van der Waals surface area (Å²) in [5.74, 6) is 0.201. The third-order valence-electron chi connectivity index (χ3n) is 1.87. The lowest BCUT2D eigenvalue weighted by atomic mass is 10.1. The summed E-state index contributed by atoms with van der Waals surface area (Å²) in [6.45, 7) is 4.07. The van der Waals surface area contributed by atoms with E-state index < -0.39 is 0 Å². The van der Waals surface area contributed by atoms with Gasteiger partial charge in [-0.05, 0) is 31.9 Å². The highest BCUT2D eigenvalue weighted by atomic mass is 32.1. The fourth-order valence-corrected chi connectivity index (χ4v) is 1.96. The first-order valence-electron chi connectivity index (χ1n) is 4.23. The lowest BCUT2D eigenvalue weighted by molar-refractivity contribution is -0.110. The molecule has 1 aromatic rings. The number of carbonyl (C=O) groups is 1. The third kappa shape index (κ3) is 2.78. The summed E-state index contributed by atoms with van der Waals surface area (Å²) in [7, 11) is 0. The lowest BCUT2D eigenvalue weighted by Gasteiger charge is -1.99. The molecular formula is C10H14OS. The van der Waals surface area contributed by atoms with E-state index in [4.69, 9.17) is 0 Å². The largest absolute Gasteiger partial charge is 0.303 e. The van der Waals surface area contributed by atoms with E-state index in [0.29, 0.717) is 0 Å². The van der Waals surface area contributed by atoms with Crippen molar-refractivity contribution in [3.05, 3.63) is 21.9 Å². The molecule has 0 aliphatic heterocycles. The van der Waals surface area contributed by atoms with E-state index in [0.717, 1.165) is 19.1 Å². The fraction of sp³-hybridized carbons (Fsp3) is 0.500.